The van der Waals surface area contributed by atoms with Crippen molar-refractivity contribution in [2.24, 2.45) is 0 Å². The van der Waals surface area contributed by atoms with Crippen molar-refractivity contribution in [1.82, 2.24) is 4.90 Å². The molecule has 2 rings (SSSR count). The molecule has 0 radical (unpaired) electrons. The number of alkyl halides is 3. The number of anilines is 1. The number of halogens is 3. The van der Waals surface area contributed by atoms with Crippen LogP contribution in [0.5, 0.6) is 0 Å². The van der Waals surface area contributed by atoms with Crippen LogP contribution in [0.3, 0.4) is 0 Å². The van der Waals surface area contributed by atoms with Gasteiger partial charge in [-0.25, -0.2) is 0 Å². The lowest BCUT2D eigenvalue weighted by Gasteiger charge is -2.21. The first-order valence-electron chi connectivity index (χ1n) is 7.53. The molecule has 2 aromatic rings. The number of nitrogens with zero attached hydrogens (tertiary/aromatic N) is 1. The third-order valence-corrected chi connectivity index (χ3v) is 4.57. The van der Waals surface area contributed by atoms with Gasteiger partial charge in [-0.1, -0.05) is 12.1 Å². The van der Waals surface area contributed by atoms with E-state index in [2.05, 4.69) is 5.32 Å². The van der Waals surface area contributed by atoms with Crippen LogP contribution in [0.1, 0.15) is 27.7 Å². The van der Waals surface area contributed by atoms with Crippen molar-refractivity contribution in [1.29, 1.82) is 0 Å². The summed E-state index contributed by atoms with van der Waals surface area (Å²) in [7, 11) is 0. The second-order valence-electron chi connectivity index (χ2n) is 5.34. The molecular formula is C17H17F3N2O2S. The summed E-state index contributed by atoms with van der Waals surface area (Å²) >= 11 is 1.27. The number of benzene rings is 1. The molecule has 0 saturated heterocycles. The van der Waals surface area contributed by atoms with E-state index in [0.29, 0.717) is 4.88 Å². The molecule has 2 amide bonds. The predicted octanol–water partition coefficient (Wildman–Crippen LogP) is 4.18. The van der Waals surface area contributed by atoms with Gasteiger partial charge in [0.05, 0.1) is 16.1 Å². The van der Waals surface area contributed by atoms with Crippen LogP contribution in [0.4, 0.5) is 18.9 Å². The Balaban J connectivity index is 2.12. The minimum absolute atomic E-state index is 0.268. The summed E-state index contributed by atoms with van der Waals surface area (Å²) in [6.45, 7) is 3.44. The molecule has 0 spiro atoms. The van der Waals surface area contributed by atoms with E-state index in [1.54, 1.807) is 25.3 Å². The molecule has 1 N–H and O–H groups in total. The molecule has 4 nitrogen and oxygen atoms in total. The van der Waals surface area contributed by atoms with Crippen LogP contribution in [0.25, 0.3) is 0 Å². The standard InChI is InChI=1S/C17H17F3N2O2S/c1-3-22(16(24)15-11(2)8-9-25-15)10-14(23)21-13-7-5-4-6-12(13)17(18,19)20/h4-9H,3,10H2,1-2H3,(H,21,23). The Bertz CT molecular complexity index is 771. The maximum absolute atomic E-state index is 13.0. The molecular weight excluding hydrogens is 353 g/mol. The fourth-order valence-corrected chi connectivity index (χ4v) is 3.16. The number of likely N-dealkylation sites (N-methyl/N-ethyl adjacent to an activating group) is 1. The van der Waals surface area contributed by atoms with Gasteiger partial charge in [-0.15, -0.1) is 11.3 Å². The maximum Gasteiger partial charge on any atom is 0.418 e. The number of carbonyl (C=O) groups excluding carboxylic acids is 2. The van der Waals surface area contributed by atoms with E-state index in [1.807, 2.05) is 0 Å². The largest absolute Gasteiger partial charge is 0.418 e. The third kappa shape index (κ3) is 4.60. The Kier molecular flexibility index (Phi) is 5.84. The molecule has 0 atom stereocenters. The number of amides is 2. The number of rotatable bonds is 5. The van der Waals surface area contributed by atoms with Gasteiger partial charge >= 0.3 is 6.18 Å². The van der Waals surface area contributed by atoms with Gasteiger partial charge in [0, 0.05) is 6.54 Å². The van der Waals surface area contributed by atoms with Gasteiger partial charge in [0.15, 0.2) is 0 Å². The second-order valence-corrected chi connectivity index (χ2v) is 6.26. The molecule has 0 fully saturated rings. The molecule has 1 aromatic heterocycles. The van der Waals surface area contributed by atoms with E-state index in [4.69, 9.17) is 0 Å². The number of nitrogens with one attached hydrogen (secondary N) is 1. The highest BCUT2D eigenvalue weighted by Gasteiger charge is 2.33. The van der Waals surface area contributed by atoms with E-state index >= 15 is 0 Å². The zero-order valence-corrected chi connectivity index (χ0v) is 14.5. The highest BCUT2D eigenvalue weighted by atomic mass is 32.1. The van der Waals surface area contributed by atoms with Gasteiger partial charge < -0.3 is 10.2 Å². The first-order valence-corrected chi connectivity index (χ1v) is 8.41. The molecule has 134 valence electrons. The van der Waals surface area contributed by atoms with Gasteiger partial charge in [0.25, 0.3) is 5.91 Å². The molecule has 0 unspecified atom stereocenters. The van der Waals surface area contributed by atoms with Crippen molar-refractivity contribution in [2.45, 2.75) is 20.0 Å². The topological polar surface area (TPSA) is 49.4 Å². The summed E-state index contributed by atoms with van der Waals surface area (Å²) in [5, 5.41) is 4.02. The molecule has 1 heterocycles. The van der Waals surface area contributed by atoms with Crippen molar-refractivity contribution < 1.29 is 22.8 Å². The van der Waals surface area contributed by atoms with Gasteiger partial charge in [-0.05, 0) is 43.0 Å². The molecule has 25 heavy (non-hydrogen) atoms. The number of aryl methyl sites for hydroxylation is 1. The minimum Gasteiger partial charge on any atom is -0.329 e. The zero-order chi connectivity index (χ0) is 18.6. The van der Waals surface area contributed by atoms with Crippen molar-refractivity contribution in [2.75, 3.05) is 18.4 Å². The van der Waals surface area contributed by atoms with Crippen LogP contribution in [0.2, 0.25) is 0 Å². The van der Waals surface area contributed by atoms with E-state index in [9.17, 15) is 22.8 Å². The van der Waals surface area contributed by atoms with Crippen LogP contribution < -0.4 is 5.32 Å². The van der Waals surface area contributed by atoms with Crippen molar-refractivity contribution in [3.05, 3.63) is 51.7 Å². The Labute approximate surface area is 147 Å². The summed E-state index contributed by atoms with van der Waals surface area (Å²) < 4.78 is 38.9. The summed E-state index contributed by atoms with van der Waals surface area (Å²) in [4.78, 5) is 26.4. The number of carbonyl (C=O) groups is 2. The molecule has 1 aromatic carbocycles. The van der Waals surface area contributed by atoms with Crippen molar-refractivity contribution >= 4 is 28.8 Å². The average Bonchev–Trinajstić information content (AvgIpc) is 2.97. The van der Waals surface area contributed by atoms with Crippen LogP contribution in [0, 0.1) is 6.92 Å². The Morgan fingerprint density at radius 1 is 1.20 bits per heavy atom. The van der Waals surface area contributed by atoms with Gasteiger partial charge in [-0.2, -0.15) is 13.2 Å². The van der Waals surface area contributed by atoms with E-state index in [1.165, 1.54) is 34.4 Å². The average molecular weight is 370 g/mol. The Hall–Kier alpha value is -2.35. The predicted molar refractivity (Wildman–Crippen MR) is 90.7 cm³/mol. The lowest BCUT2D eigenvalue weighted by Crippen LogP contribution is -2.38. The van der Waals surface area contributed by atoms with Crippen LogP contribution in [0.15, 0.2) is 35.7 Å². The quantitative estimate of drug-likeness (QED) is 0.859. The smallest absolute Gasteiger partial charge is 0.329 e. The number of hydrogen-bond acceptors (Lipinski definition) is 3. The lowest BCUT2D eigenvalue weighted by atomic mass is 10.1. The normalized spacial score (nSPS) is 11.2. The second kappa shape index (κ2) is 7.69. The van der Waals surface area contributed by atoms with Crippen LogP contribution >= 0.6 is 11.3 Å². The Morgan fingerprint density at radius 3 is 2.44 bits per heavy atom. The maximum atomic E-state index is 13.0. The first kappa shape index (κ1) is 19.0. The van der Waals surface area contributed by atoms with Gasteiger partial charge in [0.2, 0.25) is 5.91 Å². The van der Waals surface area contributed by atoms with E-state index in [0.717, 1.165) is 11.6 Å². The van der Waals surface area contributed by atoms with E-state index < -0.39 is 17.6 Å². The fourth-order valence-electron chi connectivity index (χ4n) is 2.27. The Morgan fingerprint density at radius 2 is 1.88 bits per heavy atom. The summed E-state index contributed by atoms with van der Waals surface area (Å²) in [5.74, 6) is -0.990. The van der Waals surface area contributed by atoms with Crippen molar-refractivity contribution in [3.8, 4) is 0 Å². The number of hydrogen-bond donors (Lipinski definition) is 1. The van der Waals surface area contributed by atoms with E-state index in [-0.39, 0.29) is 24.7 Å². The molecule has 8 heteroatoms. The van der Waals surface area contributed by atoms with Crippen LogP contribution in [-0.4, -0.2) is 29.8 Å². The molecule has 0 saturated carbocycles. The first-order chi connectivity index (χ1) is 11.7. The monoisotopic (exact) mass is 370 g/mol. The molecule has 0 aliphatic carbocycles. The van der Waals surface area contributed by atoms with Crippen molar-refractivity contribution in [3.63, 3.8) is 0 Å². The zero-order valence-electron chi connectivity index (χ0n) is 13.7. The molecule has 0 aliphatic heterocycles. The van der Waals surface area contributed by atoms with Gasteiger partial charge in [-0.3, -0.25) is 9.59 Å². The molecule has 0 bridgehead atoms. The fraction of sp³-hybridized carbons (Fsp3) is 0.294. The minimum atomic E-state index is -4.57. The summed E-state index contributed by atoms with van der Waals surface area (Å²) in [5.41, 5.74) is -0.445. The van der Waals surface area contributed by atoms with Crippen LogP contribution in [-0.2, 0) is 11.0 Å². The SMILES string of the molecule is CCN(CC(=O)Nc1ccccc1C(F)(F)F)C(=O)c1sccc1C. The summed E-state index contributed by atoms with van der Waals surface area (Å²) in [6.07, 6.45) is -4.57. The lowest BCUT2D eigenvalue weighted by molar-refractivity contribution is -0.137. The number of thiophene rings is 1. The molecule has 0 aliphatic rings. The highest BCUT2D eigenvalue weighted by molar-refractivity contribution is 7.12. The summed E-state index contributed by atoms with van der Waals surface area (Å²) in [6, 6.07) is 6.53. The highest BCUT2D eigenvalue weighted by Crippen LogP contribution is 2.34. The third-order valence-electron chi connectivity index (χ3n) is 3.57. The number of para-hydroxylation sites is 1. The van der Waals surface area contributed by atoms with Gasteiger partial charge in [0.1, 0.15) is 6.54 Å².